The second kappa shape index (κ2) is 9.03. The fraction of sp³-hybridized carbons (Fsp3) is 0.609. The Bertz CT molecular complexity index is 697. The van der Waals surface area contributed by atoms with Crippen LogP contribution in [0.5, 0.6) is 0 Å². The van der Waals surface area contributed by atoms with Gasteiger partial charge in [-0.05, 0) is 45.4 Å². The Morgan fingerprint density at radius 1 is 1.22 bits per heavy atom. The third kappa shape index (κ3) is 5.66. The molecule has 148 valence electrons. The van der Waals surface area contributed by atoms with Gasteiger partial charge in [-0.25, -0.2) is 4.98 Å². The maximum Gasteiger partial charge on any atom is 0.0958 e. The monoisotopic (exact) mass is 370 g/mol. The molecule has 0 amide bonds. The van der Waals surface area contributed by atoms with Crippen molar-refractivity contribution in [3.8, 4) is 11.3 Å². The predicted octanol–water partition coefficient (Wildman–Crippen LogP) is 5.02. The summed E-state index contributed by atoms with van der Waals surface area (Å²) in [4.78, 5) is 4.82. The summed E-state index contributed by atoms with van der Waals surface area (Å²) in [5, 5.41) is 9.97. The molecule has 1 saturated heterocycles. The first-order valence-electron chi connectivity index (χ1n) is 10.4. The minimum Gasteiger partial charge on any atom is -0.390 e. The van der Waals surface area contributed by atoms with E-state index in [0.717, 1.165) is 57.4 Å². The molecule has 1 N–H and O–H groups in total. The second-order valence-electron chi connectivity index (χ2n) is 8.67. The third-order valence-corrected chi connectivity index (χ3v) is 5.56. The lowest BCUT2D eigenvalue weighted by atomic mass is 9.93. The Balaban J connectivity index is 1.78. The van der Waals surface area contributed by atoms with E-state index in [9.17, 15) is 5.11 Å². The lowest BCUT2D eigenvalue weighted by molar-refractivity contribution is 0.0667. The molecule has 1 aromatic carbocycles. The third-order valence-electron chi connectivity index (χ3n) is 5.56. The maximum absolute atomic E-state index is 9.97. The van der Waals surface area contributed by atoms with Crippen LogP contribution in [0.15, 0.2) is 36.7 Å². The summed E-state index contributed by atoms with van der Waals surface area (Å²) >= 11 is 0. The largest absolute Gasteiger partial charge is 0.390 e. The van der Waals surface area contributed by atoms with Crippen LogP contribution in [-0.4, -0.2) is 33.5 Å². The zero-order valence-corrected chi connectivity index (χ0v) is 17.0. The minimum atomic E-state index is -0.571. The van der Waals surface area contributed by atoms with Gasteiger partial charge in [-0.15, -0.1) is 0 Å². The molecule has 0 radical (unpaired) electrons. The smallest absolute Gasteiger partial charge is 0.0958 e. The van der Waals surface area contributed by atoms with Crippen molar-refractivity contribution in [2.24, 2.45) is 5.92 Å². The van der Waals surface area contributed by atoms with E-state index < -0.39 is 5.60 Å². The van der Waals surface area contributed by atoms with E-state index in [0.29, 0.717) is 12.0 Å². The van der Waals surface area contributed by atoms with Gasteiger partial charge in [0.25, 0.3) is 0 Å². The zero-order valence-electron chi connectivity index (χ0n) is 17.0. The van der Waals surface area contributed by atoms with Gasteiger partial charge in [0.1, 0.15) is 0 Å². The summed E-state index contributed by atoms with van der Waals surface area (Å²) in [6.45, 7) is 7.78. The summed E-state index contributed by atoms with van der Waals surface area (Å²) < 4.78 is 7.98. The molecule has 3 rings (SSSR count). The highest BCUT2D eigenvalue weighted by Crippen LogP contribution is 2.31. The Morgan fingerprint density at radius 3 is 2.59 bits per heavy atom. The van der Waals surface area contributed by atoms with Crippen LogP contribution in [0.4, 0.5) is 0 Å². The van der Waals surface area contributed by atoms with Crippen LogP contribution in [-0.2, 0) is 11.2 Å². The molecule has 1 atom stereocenters. The van der Waals surface area contributed by atoms with Crippen LogP contribution in [0, 0.1) is 5.92 Å². The molecule has 1 aliphatic rings. The highest BCUT2D eigenvalue weighted by atomic mass is 16.5. The van der Waals surface area contributed by atoms with Gasteiger partial charge in [0.15, 0.2) is 0 Å². The SMILES string of the molecule is C[C@H](CCCC(C)(C)O)Cc1c(-c2ccccc2)ncn1C1CCOCC1. The molecule has 2 aromatic rings. The number of aliphatic hydroxyl groups is 1. The molecule has 0 bridgehead atoms. The number of hydrogen-bond donors (Lipinski definition) is 1. The molecule has 1 aliphatic heterocycles. The van der Waals surface area contributed by atoms with Gasteiger partial charge in [0.2, 0.25) is 0 Å². The molecule has 4 heteroatoms. The molecule has 2 heterocycles. The van der Waals surface area contributed by atoms with Crippen molar-refractivity contribution in [3.63, 3.8) is 0 Å². The Morgan fingerprint density at radius 2 is 1.93 bits per heavy atom. The molecule has 0 spiro atoms. The molecule has 4 nitrogen and oxygen atoms in total. The van der Waals surface area contributed by atoms with Crippen molar-refractivity contribution in [1.82, 2.24) is 9.55 Å². The van der Waals surface area contributed by atoms with Gasteiger partial charge in [-0.2, -0.15) is 0 Å². The van der Waals surface area contributed by atoms with E-state index in [1.54, 1.807) is 0 Å². The summed E-state index contributed by atoms with van der Waals surface area (Å²) in [6.07, 6.45) is 8.20. The highest BCUT2D eigenvalue weighted by molar-refractivity contribution is 5.62. The first-order valence-corrected chi connectivity index (χ1v) is 10.4. The van der Waals surface area contributed by atoms with E-state index in [4.69, 9.17) is 9.72 Å². The van der Waals surface area contributed by atoms with Crippen molar-refractivity contribution in [2.45, 2.75) is 70.9 Å². The van der Waals surface area contributed by atoms with Crippen LogP contribution in [0.25, 0.3) is 11.3 Å². The van der Waals surface area contributed by atoms with E-state index in [2.05, 4.69) is 41.8 Å². The lowest BCUT2D eigenvalue weighted by Crippen LogP contribution is -2.21. The minimum absolute atomic E-state index is 0.488. The Hall–Kier alpha value is -1.65. The fourth-order valence-corrected chi connectivity index (χ4v) is 4.02. The predicted molar refractivity (Wildman–Crippen MR) is 110 cm³/mol. The van der Waals surface area contributed by atoms with Gasteiger partial charge in [0.05, 0.1) is 17.6 Å². The number of benzene rings is 1. The van der Waals surface area contributed by atoms with E-state index >= 15 is 0 Å². The van der Waals surface area contributed by atoms with Crippen LogP contribution in [0.2, 0.25) is 0 Å². The lowest BCUT2D eigenvalue weighted by Gasteiger charge is -2.26. The van der Waals surface area contributed by atoms with Crippen molar-refractivity contribution < 1.29 is 9.84 Å². The quantitative estimate of drug-likeness (QED) is 0.709. The van der Waals surface area contributed by atoms with Gasteiger partial charge in [-0.3, -0.25) is 0 Å². The van der Waals surface area contributed by atoms with Gasteiger partial charge < -0.3 is 14.4 Å². The molecule has 0 aliphatic carbocycles. The number of imidazole rings is 1. The van der Waals surface area contributed by atoms with E-state index in [1.165, 1.54) is 11.3 Å². The number of rotatable bonds is 8. The molecule has 1 aromatic heterocycles. The van der Waals surface area contributed by atoms with Crippen molar-refractivity contribution in [2.75, 3.05) is 13.2 Å². The maximum atomic E-state index is 9.97. The second-order valence-corrected chi connectivity index (χ2v) is 8.67. The van der Waals surface area contributed by atoms with Crippen LogP contribution >= 0.6 is 0 Å². The Kier molecular flexibility index (Phi) is 6.72. The van der Waals surface area contributed by atoms with E-state index in [-0.39, 0.29) is 0 Å². The summed E-state index contributed by atoms with van der Waals surface area (Å²) in [5.41, 5.74) is 3.10. The summed E-state index contributed by atoms with van der Waals surface area (Å²) in [6, 6.07) is 11.0. The first-order chi connectivity index (χ1) is 12.9. The topological polar surface area (TPSA) is 47.3 Å². The molecule has 27 heavy (non-hydrogen) atoms. The number of nitrogens with zero attached hydrogens (tertiary/aromatic N) is 2. The van der Waals surface area contributed by atoms with Gasteiger partial charge >= 0.3 is 0 Å². The van der Waals surface area contributed by atoms with Crippen LogP contribution in [0.1, 0.15) is 64.6 Å². The van der Waals surface area contributed by atoms with Crippen molar-refractivity contribution >= 4 is 0 Å². The molecule has 1 fully saturated rings. The first kappa shape index (κ1) is 20.1. The standard InChI is InChI=1S/C23H34N2O2/c1-18(8-7-13-23(2,3)26)16-21-22(19-9-5-4-6-10-19)24-17-25(21)20-11-14-27-15-12-20/h4-6,9-10,17-18,20,26H,7-8,11-16H2,1-3H3/t18-/m1/s1. The molecular weight excluding hydrogens is 336 g/mol. The van der Waals surface area contributed by atoms with E-state index in [1.807, 2.05) is 20.2 Å². The van der Waals surface area contributed by atoms with Crippen molar-refractivity contribution in [1.29, 1.82) is 0 Å². The van der Waals surface area contributed by atoms with Gasteiger partial charge in [-0.1, -0.05) is 50.1 Å². The fourth-order valence-electron chi connectivity index (χ4n) is 4.02. The number of aromatic nitrogens is 2. The number of ether oxygens (including phenoxy) is 1. The van der Waals surface area contributed by atoms with Crippen molar-refractivity contribution in [3.05, 3.63) is 42.4 Å². The normalized spacial score (nSPS) is 17.2. The average molecular weight is 371 g/mol. The summed E-state index contributed by atoms with van der Waals surface area (Å²) in [7, 11) is 0. The summed E-state index contributed by atoms with van der Waals surface area (Å²) in [5.74, 6) is 0.560. The average Bonchev–Trinajstić information content (AvgIpc) is 3.05. The highest BCUT2D eigenvalue weighted by Gasteiger charge is 2.23. The van der Waals surface area contributed by atoms with Gasteiger partial charge in [0, 0.05) is 30.5 Å². The molecular formula is C23H34N2O2. The Labute approximate surface area is 163 Å². The molecule has 0 unspecified atom stereocenters. The van der Waals surface area contributed by atoms with Crippen LogP contribution in [0.3, 0.4) is 0 Å². The van der Waals surface area contributed by atoms with Crippen LogP contribution < -0.4 is 0 Å². The molecule has 0 saturated carbocycles. The number of hydrogen-bond acceptors (Lipinski definition) is 3. The zero-order chi connectivity index (χ0) is 19.3.